The van der Waals surface area contributed by atoms with Crippen LogP contribution in [0, 0.1) is 3.70 Å². The van der Waals surface area contributed by atoms with Crippen LogP contribution in [0.2, 0.25) is 0 Å². The second kappa shape index (κ2) is 4.55. The third-order valence-corrected chi connectivity index (χ3v) is 4.80. The summed E-state index contributed by atoms with van der Waals surface area (Å²) in [6.07, 6.45) is -2.12. The molecule has 1 rings (SSSR count). The average Bonchev–Trinajstić information content (AvgIpc) is 2.06. The summed E-state index contributed by atoms with van der Waals surface area (Å²) in [5, 5.41) is 4.79. The van der Waals surface area contributed by atoms with Crippen LogP contribution in [-0.2, 0) is 10.0 Å². The van der Waals surface area contributed by atoms with Crippen molar-refractivity contribution in [3.05, 3.63) is 19.9 Å². The lowest BCUT2D eigenvalue weighted by Gasteiger charge is -2.09. The number of aromatic nitrogens is 1. The standard InChI is InChI=1S/C6H4BrF2IN2O2S/c7-4-3(5(8)9)2(15(11,13)14)1-12-6(4)10/h1,5H,(H2,11,13,14). The molecule has 0 aromatic carbocycles. The topological polar surface area (TPSA) is 73.1 Å². The molecule has 0 radical (unpaired) electrons. The van der Waals surface area contributed by atoms with Crippen molar-refractivity contribution < 1.29 is 17.2 Å². The van der Waals surface area contributed by atoms with Crippen LogP contribution >= 0.6 is 38.5 Å². The van der Waals surface area contributed by atoms with E-state index >= 15 is 0 Å². The molecule has 0 atom stereocenters. The minimum Gasteiger partial charge on any atom is -0.248 e. The molecule has 2 N–H and O–H groups in total. The van der Waals surface area contributed by atoms with E-state index in [9.17, 15) is 17.2 Å². The number of nitrogens with zero attached hydrogens (tertiary/aromatic N) is 1. The fourth-order valence-corrected chi connectivity index (χ4v) is 2.64. The molecule has 0 spiro atoms. The molecule has 0 aliphatic rings. The zero-order valence-electron chi connectivity index (χ0n) is 6.92. The molecule has 0 amide bonds. The first-order valence-corrected chi connectivity index (χ1v) is 6.81. The minimum atomic E-state index is -4.19. The van der Waals surface area contributed by atoms with Gasteiger partial charge in [0, 0.05) is 6.20 Å². The van der Waals surface area contributed by atoms with E-state index in [2.05, 4.69) is 20.9 Å². The van der Waals surface area contributed by atoms with Gasteiger partial charge in [0.15, 0.2) is 0 Å². The van der Waals surface area contributed by atoms with Gasteiger partial charge in [-0.15, -0.1) is 0 Å². The maximum absolute atomic E-state index is 12.6. The number of rotatable bonds is 2. The van der Waals surface area contributed by atoms with Crippen molar-refractivity contribution in [3.8, 4) is 0 Å². The van der Waals surface area contributed by atoms with Gasteiger partial charge < -0.3 is 0 Å². The van der Waals surface area contributed by atoms with Crippen LogP contribution < -0.4 is 5.14 Å². The predicted molar refractivity (Wildman–Crippen MR) is 61.0 cm³/mol. The molecule has 1 aromatic rings. The van der Waals surface area contributed by atoms with E-state index in [-0.39, 0.29) is 8.17 Å². The highest BCUT2D eigenvalue weighted by Gasteiger charge is 2.25. The highest BCUT2D eigenvalue weighted by atomic mass is 127. The molecular formula is C6H4BrF2IN2O2S. The second-order valence-electron chi connectivity index (χ2n) is 2.49. The van der Waals surface area contributed by atoms with Crippen molar-refractivity contribution in [2.24, 2.45) is 5.14 Å². The number of hydrogen-bond donors (Lipinski definition) is 1. The predicted octanol–water partition coefficient (Wildman–Crippen LogP) is 2.03. The fraction of sp³-hybridized carbons (Fsp3) is 0.167. The molecule has 0 saturated carbocycles. The highest BCUT2D eigenvalue weighted by molar-refractivity contribution is 14.1. The summed E-state index contributed by atoms with van der Waals surface area (Å²) >= 11 is 4.56. The molecule has 9 heteroatoms. The van der Waals surface area contributed by atoms with Gasteiger partial charge >= 0.3 is 0 Å². The molecule has 0 bridgehead atoms. The summed E-state index contributed by atoms with van der Waals surface area (Å²) in [6, 6.07) is 0. The number of halogens is 4. The van der Waals surface area contributed by atoms with E-state index in [4.69, 9.17) is 5.14 Å². The first kappa shape index (κ1) is 13.2. The van der Waals surface area contributed by atoms with E-state index in [0.29, 0.717) is 0 Å². The Kier molecular flexibility index (Phi) is 4.01. The molecule has 15 heavy (non-hydrogen) atoms. The molecule has 1 aromatic heterocycles. The Morgan fingerprint density at radius 3 is 2.47 bits per heavy atom. The van der Waals surface area contributed by atoms with Crippen molar-refractivity contribution in [1.29, 1.82) is 0 Å². The quantitative estimate of drug-likeness (QED) is 0.596. The zero-order chi connectivity index (χ0) is 11.8. The van der Waals surface area contributed by atoms with Crippen LogP contribution in [0.15, 0.2) is 15.6 Å². The Labute approximate surface area is 107 Å². The molecule has 0 fully saturated rings. The van der Waals surface area contributed by atoms with Gasteiger partial charge in [0.25, 0.3) is 6.43 Å². The van der Waals surface area contributed by atoms with E-state index in [1.165, 1.54) is 0 Å². The van der Waals surface area contributed by atoms with Crippen molar-refractivity contribution >= 4 is 48.5 Å². The summed E-state index contributed by atoms with van der Waals surface area (Å²) < 4.78 is 47.4. The molecular weight excluding hydrogens is 409 g/mol. The van der Waals surface area contributed by atoms with Gasteiger partial charge in [0.05, 0.1) is 10.0 Å². The molecule has 0 saturated heterocycles. The Morgan fingerprint density at radius 2 is 2.07 bits per heavy atom. The van der Waals surface area contributed by atoms with Crippen molar-refractivity contribution in [1.82, 2.24) is 4.98 Å². The first-order chi connectivity index (χ1) is 6.75. The summed E-state index contributed by atoms with van der Waals surface area (Å²) in [5.74, 6) is 0. The number of pyridine rings is 1. The Morgan fingerprint density at radius 1 is 1.53 bits per heavy atom. The van der Waals surface area contributed by atoms with Gasteiger partial charge in [-0.1, -0.05) is 0 Å². The summed E-state index contributed by atoms with van der Waals surface area (Å²) in [4.78, 5) is 2.97. The van der Waals surface area contributed by atoms with Crippen molar-refractivity contribution in [2.45, 2.75) is 11.3 Å². The van der Waals surface area contributed by atoms with Crippen molar-refractivity contribution in [3.63, 3.8) is 0 Å². The maximum Gasteiger partial charge on any atom is 0.266 e. The van der Waals surface area contributed by atoms with Crippen LogP contribution in [0.1, 0.15) is 12.0 Å². The van der Waals surface area contributed by atoms with E-state index < -0.39 is 26.9 Å². The van der Waals surface area contributed by atoms with Gasteiger partial charge in [0.2, 0.25) is 10.0 Å². The van der Waals surface area contributed by atoms with Crippen molar-refractivity contribution in [2.75, 3.05) is 0 Å². The lowest BCUT2D eigenvalue weighted by atomic mass is 10.3. The van der Waals surface area contributed by atoms with Crippen LogP contribution in [0.3, 0.4) is 0 Å². The number of sulfonamides is 1. The highest BCUT2D eigenvalue weighted by Crippen LogP contribution is 2.34. The second-order valence-corrected chi connectivity index (χ2v) is 5.83. The lowest BCUT2D eigenvalue weighted by Crippen LogP contribution is -2.16. The fourth-order valence-electron chi connectivity index (χ4n) is 0.891. The van der Waals surface area contributed by atoms with Crippen LogP contribution in [0.4, 0.5) is 8.78 Å². The number of nitrogens with two attached hydrogens (primary N) is 1. The summed E-state index contributed by atoms with van der Waals surface area (Å²) in [5.41, 5.74) is -0.656. The van der Waals surface area contributed by atoms with Gasteiger partial charge in [-0.05, 0) is 38.5 Å². The van der Waals surface area contributed by atoms with Gasteiger partial charge in [-0.3, -0.25) is 0 Å². The zero-order valence-corrected chi connectivity index (χ0v) is 11.5. The Bertz CT molecular complexity index is 494. The minimum absolute atomic E-state index is 0.0513. The molecule has 0 aliphatic carbocycles. The summed E-state index contributed by atoms with van der Waals surface area (Å²) in [7, 11) is -4.19. The third-order valence-electron chi connectivity index (χ3n) is 1.50. The third kappa shape index (κ3) is 2.82. The number of primary sulfonamides is 1. The van der Waals surface area contributed by atoms with Crippen LogP contribution in [-0.4, -0.2) is 13.4 Å². The Hall–Kier alpha value is 0.130. The molecule has 1 heterocycles. The van der Waals surface area contributed by atoms with Gasteiger partial charge in [0.1, 0.15) is 8.60 Å². The molecule has 0 unspecified atom stereocenters. The first-order valence-electron chi connectivity index (χ1n) is 3.40. The van der Waals surface area contributed by atoms with Gasteiger partial charge in [-0.25, -0.2) is 27.3 Å². The SMILES string of the molecule is NS(=O)(=O)c1cnc(I)c(Br)c1C(F)F. The smallest absolute Gasteiger partial charge is 0.248 e. The Balaban J connectivity index is 3.62. The van der Waals surface area contributed by atoms with Gasteiger partial charge in [-0.2, -0.15) is 0 Å². The molecule has 4 nitrogen and oxygen atoms in total. The normalized spacial score (nSPS) is 12.1. The average molecular weight is 413 g/mol. The number of hydrogen-bond acceptors (Lipinski definition) is 3. The van der Waals surface area contributed by atoms with E-state index in [0.717, 1.165) is 6.20 Å². The van der Waals surface area contributed by atoms with Crippen LogP contribution in [0.5, 0.6) is 0 Å². The summed E-state index contributed by atoms with van der Waals surface area (Å²) in [6.45, 7) is 0. The molecule has 84 valence electrons. The maximum atomic E-state index is 12.6. The largest absolute Gasteiger partial charge is 0.266 e. The van der Waals surface area contributed by atoms with Crippen LogP contribution in [0.25, 0.3) is 0 Å². The van der Waals surface area contributed by atoms with E-state index in [1.54, 1.807) is 22.6 Å². The lowest BCUT2D eigenvalue weighted by molar-refractivity contribution is 0.146. The molecule has 0 aliphatic heterocycles. The monoisotopic (exact) mass is 412 g/mol. The number of alkyl halides is 2. The van der Waals surface area contributed by atoms with E-state index in [1.807, 2.05) is 0 Å².